The number of thioether (sulfide) groups is 1. The number of nitrogens with one attached hydrogen (secondary N) is 1. The summed E-state index contributed by atoms with van der Waals surface area (Å²) in [6.07, 6.45) is -0.471. The van der Waals surface area contributed by atoms with Crippen molar-refractivity contribution in [3.05, 3.63) is 78.0 Å². The summed E-state index contributed by atoms with van der Waals surface area (Å²) in [6, 6.07) is 19.9. The van der Waals surface area contributed by atoms with E-state index in [2.05, 4.69) is 10.3 Å². The fourth-order valence-corrected chi connectivity index (χ4v) is 5.60. The number of carbonyl (C=O) groups excluding carboxylic acids is 4. The lowest BCUT2D eigenvalue weighted by atomic mass is 10.1. The summed E-state index contributed by atoms with van der Waals surface area (Å²) < 4.78 is 10.5. The molecule has 12 heteroatoms. The molecule has 1 fully saturated rings. The van der Waals surface area contributed by atoms with Gasteiger partial charge in [-0.25, -0.2) is 14.8 Å². The van der Waals surface area contributed by atoms with E-state index in [1.807, 2.05) is 60.7 Å². The normalized spacial score (nSPS) is 13.9. The lowest BCUT2D eigenvalue weighted by Crippen LogP contribution is -2.56. The fraction of sp³-hybridized carbons (Fsp3) is 0.412. The van der Waals surface area contributed by atoms with Crippen LogP contribution >= 0.6 is 11.8 Å². The minimum absolute atomic E-state index is 0.0316. The van der Waals surface area contributed by atoms with E-state index >= 15 is 0 Å². The molecule has 1 saturated heterocycles. The van der Waals surface area contributed by atoms with Crippen LogP contribution in [-0.2, 0) is 24.8 Å². The number of carbonyl (C=O) groups is 4. The molecule has 1 aliphatic rings. The molecule has 1 unspecified atom stereocenters. The molecule has 11 nitrogen and oxygen atoms in total. The minimum Gasteiger partial charge on any atom is -0.460 e. The van der Waals surface area contributed by atoms with E-state index in [-0.39, 0.29) is 44.1 Å². The summed E-state index contributed by atoms with van der Waals surface area (Å²) in [5, 5.41) is 3.45. The summed E-state index contributed by atoms with van der Waals surface area (Å²) in [4.78, 5) is 64.7. The quantitative estimate of drug-likeness (QED) is 0.174. The molecule has 2 aromatic carbocycles. The number of esters is 1. The SMILES string of the molecule is CCOC(=O)N1CCN(C(=O)C(CCC(=O)OC(C)(C)C)NC(=O)c2cc(SCc3ccccc3)nc(-c3ccccc3)n2)CC1. The van der Waals surface area contributed by atoms with Crippen molar-refractivity contribution < 1.29 is 28.7 Å². The number of hydrogen-bond acceptors (Lipinski definition) is 9. The van der Waals surface area contributed by atoms with E-state index in [0.717, 1.165) is 11.1 Å². The van der Waals surface area contributed by atoms with Crippen molar-refractivity contribution in [2.75, 3.05) is 32.8 Å². The third-order valence-electron chi connectivity index (χ3n) is 6.97. The number of benzene rings is 2. The summed E-state index contributed by atoms with van der Waals surface area (Å²) in [6.45, 7) is 8.43. The zero-order valence-corrected chi connectivity index (χ0v) is 27.5. The number of nitrogens with zero attached hydrogens (tertiary/aromatic N) is 4. The first-order chi connectivity index (χ1) is 22.0. The number of ether oxygens (including phenoxy) is 2. The highest BCUT2D eigenvalue weighted by molar-refractivity contribution is 7.98. The minimum atomic E-state index is -1.02. The molecule has 1 aliphatic heterocycles. The van der Waals surface area contributed by atoms with Gasteiger partial charge in [-0.3, -0.25) is 14.4 Å². The molecule has 46 heavy (non-hydrogen) atoms. The molecule has 0 saturated carbocycles. The van der Waals surface area contributed by atoms with E-state index < -0.39 is 29.6 Å². The monoisotopic (exact) mass is 647 g/mol. The Morgan fingerprint density at radius 1 is 0.913 bits per heavy atom. The Balaban J connectivity index is 1.55. The molecule has 0 aliphatic carbocycles. The second-order valence-electron chi connectivity index (χ2n) is 11.7. The molecular formula is C34H41N5O6S. The summed E-state index contributed by atoms with van der Waals surface area (Å²) in [5.74, 6) is -0.359. The predicted octanol–water partition coefficient (Wildman–Crippen LogP) is 4.96. The first-order valence-corrected chi connectivity index (χ1v) is 16.4. The Morgan fingerprint density at radius 2 is 1.54 bits per heavy atom. The summed E-state index contributed by atoms with van der Waals surface area (Å²) in [7, 11) is 0. The van der Waals surface area contributed by atoms with Gasteiger partial charge in [-0.05, 0) is 39.7 Å². The van der Waals surface area contributed by atoms with Crippen molar-refractivity contribution in [1.82, 2.24) is 25.1 Å². The lowest BCUT2D eigenvalue weighted by Gasteiger charge is -2.36. The van der Waals surface area contributed by atoms with Crippen molar-refractivity contribution >= 4 is 35.6 Å². The molecule has 3 aromatic rings. The van der Waals surface area contributed by atoms with Gasteiger partial charge in [0, 0.05) is 50.0 Å². The molecule has 0 radical (unpaired) electrons. The van der Waals surface area contributed by atoms with Gasteiger partial charge in [0.15, 0.2) is 5.82 Å². The lowest BCUT2D eigenvalue weighted by molar-refractivity contribution is -0.155. The Hall–Kier alpha value is -4.45. The van der Waals surface area contributed by atoms with Crippen LogP contribution in [0.1, 0.15) is 56.6 Å². The summed E-state index contributed by atoms with van der Waals surface area (Å²) in [5.41, 5.74) is 1.27. The molecule has 0 bridgehead atoms. The van der Waals surface area contributed by atoms with Crippen molar-refractivity contribution in [1.29, 1.82) is 0 Å². The maximum absolute atomic E-state index is 13.8. The molecule has 2 heterocycles. The van der Waals surface area contributed by atoms with E-state index in [1.165, 1.54) is 11.8 Å². The second kappa shape index (κ2) is 16.2. The number of aromatic nitrogens is 2. The highest BCUT2D eigenvalue weighted by Crippen LogP contribution is 2.25. The van der Waals surface area contributed by atoms with Gasteiger partial charge in [-0.15, -0.1) is 11.8 Å². The maximum atomic E-state index is 13.8. The van der Waals surface area contributed by atoms with Gasteiger partial charge in [-0.2, -0.15) is 0 Å². The molecule has 0 spiro atoms. The number of hydrogen-bond donors (Lipinski definition) is 1. The van der Waals surface area contributed by atoms with Crippen LogP contribution in [0.4, 0.5) is 4.79 Å². The smallest absolute Gasteiger partial charge is 0.409 e. The van der Waals surface area contributed by atoms with Crippen LogP contribution in [0.5, 0.6) is 0 Å². The van der Waals surface area contributed by atoms with E-state index in [1.54, 1.807) is 43.6 Å². The standard InChI is InChI=1S/C34H41N5O6S/c1-5-44-33(43)39-20-18-38(19-21-39)32(42)26(16-17-29(40)45-34(2,3)4)36-31(41)27-22-28(46-23-24-12-8-6-9-13-24)37-30(35-27)25-14-10-7-11-15-25/h6-15,22,26H,5,16-21,23H2,1-4H3,(H,36,41). The average molecular weight is 648 g/mol. The van der Waals surface area contributed by atoms with Crippen molar-refractivity contribution in [2.24, 2.45) is 0 Å². The van der Waals surface area contributed by atoms with Gasteiger partial charge < -0.3 is 24.6 Å². The Kier molecular flexibility index (Phi) is 12.1. The molecular weight excluding hydrogens is 606 g/mol. The van der Waals surface area contributed by atoms with Gasteiger partial charge in [0.05, 0.1) is 6.61 Å². The van der Waals surface area contributed by atoms with Gasteiger partial charge in [0.25, 0.3) is 5.91 Å². The van der Waals surface area contributed by atoms with E-state index in [0.29, 0.717) is 29.7 Å². The fourth-order valence-electron chi connectivity index (χ4n) is 4.75. The van der Waals surface area contributed by atoms with Gasteiger partial charge in [0.2, 0.25) is 5.91 Å². The first kappa shape index (κ1) is 34.4. The molecule has 1 N–H and O–H groups in total. The second-order valence-corrected chi connectivity index (χ2v) is 12.7. The van der Waals surface area contributed by atoms with Gasteiger partial charge in [0.1, 0.15) is 22.4 Å². The van der Waals surface area contributed by atoms with Crippen LogP contribution in [0.2, 0.25) is 0 Å². The van der Waals surface area contributed by atoms with Crippen LogP contribution in [0.15, 0.2) is 71.8 Å². The zero-order valence-electron chi connectivity index (χ0n) is 26.7. The Labute approximate surface area is 274 Å². The molecule has 244 valence electrons. The molecule has 4 rings (SSSR count). The topological polar surface area (TPSA) is 131 Å². The van der Waals surface area contributed by atoms with Crippen molar-refractivity contribution in [2.45, 2.75) is 63.0 Å². The molecule has 3 amide bonds. The maximum Gasteiger partial charge on any atom is 0.409 e. The zero-order chi connectivity index (χ0) is 33.1. The van der Waals surface area contributed by atoms with Crippen LogP contribution in [0, 0.1) is 0 Å². The van der Waals surface area contributed by atoms with Gasteiger partial charge >= 0.3 is 12.1 Å². The number of rotatable bonds is 11. The highest BCUT2D eigenvalue weighted by Gasteiger charge is 2.32. The van der Waals surface area contributed by atoms with Crippen LogP contribution < -0.4 is 5.32 Å². The van der Waals surface area contributed by atoms with E-state index in [4.69, 9.17) is 14.5 Å². The van der Waals surface area contributed by atoms with Crippen molar-refractivity contribution in [3.63, 3.8) is 0 Å². The Bertz CT molecular complexity index is 1490. The van der Waals surface area contributed by atoms with Gasteiger partial charge in [-0.1, -0.05) is 60.7 Å². The largest absolute Gasteiger partial charge is 0.460 e. The third-order valence-corrected chi connectivity index (χ3v) is 7.96. The van der Waals surface area contributed by atoms with E-state index in [9.17, 15) is 19.2 Å². The predicted molar refractivity (Wildman–Crippen MR) is 175 cm³/mol. The third kappa shape index (κ3) is 10.3. The Morgan fingerprint density at radius 3 is 2.17 bits per heavy atom. The number of amides is 3. The molecule has 1 atom stereocenters. The van der Waals surface area contributed by atoms with Crippen LogP contribution in [-0.4, -0.2) is 88.1 Å². The summed E-state index contributed by atoms with van der Waals surface area (Å²) >= 11 is 1.48. The van der Waals surface area contributed by atoms with Crippen LogP contribution in [0.25, 0.3) is 11.4 Å². The average Bonchev–Trinajstić information content (AvgIpc) is 3.05. The first-order valence-electron chi connectivity index (χ1n) is 15.4. The van der Waals surface area contributed by atoms with Crippen LogP contribution in [0.3, 0.4) is 0 Å². The highest BCUT2D eigenvalue weighted by atomic mass is 32.2. The number of piperazine rings is 1. The molecule has 1 aromatic heterocycles. The van der Waals surface area contributed by atoms with Crippen molar-refractivity contribution in [3.8, 4) is 11.4 Å².